The molecule has 0 saturated carbocycles. The van der Waals surface area contributed by atoms with Gasteiger partial charge in [-0.15, -0.1) is 11.3 Å². The normalized spacial score (nSPS) is 14.6. The van der Waals surface area contributed by atoms with Crippen LogP contribution in [0.15, 0.2) is 59.5 Å². The van der Waals surface area contributed by atoms with Crippen molar-refractivity contribution in [3.05, 3.63) is 76.5 Å². The van der Waals surface area contributed by atoms with Crippen LogP contribution in [0.2, 0.25) is 0 Å². The number of hydrogen-bond acceptors (Lipinski definition) is 7. The summed E-state index contributed by atoms with van der Waals surface area (Å²) in [4.78, 5) is 31.0. The average molecular weight is 429 g/mol. The Hall–Kier alpha value is -3.54. The first-order valence-corrected chi connectivity index (χ1v) is 10.9. The first-order chi connectivity index (χ1) is 15.2. The van der Waals surface area contributed by atoms with E-state index >= 15 is 0 Å². The Morgan fingerprint density at radius 1 is 1.10 bits per heavy atom. The van der Waals surface area contributed by atoms with E-state index in [-0.39, 0.29) is 5.56 Å². The summed E-state index contributed by atoms with van der Waals surface area (Å²) in [5.74, 6) is 1.52. The largest absolute Gasteiger partial charge is 0.354 e. The van der Waals surface area contributed by atoms with Crippen molar-refractivity contribution in [2.75, 3.05) is 31.1 Å². The number of hydrogen-bond donors (Lipinski definition) is 1. The van der Waals surface area contributed by atoms with Crippen LogP contribution in [0.3, 0.4) is 0 Å². The molecule has 1 aromatic carbocycles. The number of thiophene rings is 1. The summed E-state index contributed by atoms with van der Waals surface area (Å²) in [5, 5.41) is 9.73. The number of aromatic amines is 1. The molecule has 0 aliphatic carbocycles. The average Bonchev–Trinajstić information content (AvgIpc) is 3.25. The van der Waals surface area contributed by atoms with Gasteiger partial charge in [-0.25, -0.2) is 9.97 Å². The standard InChI is InChI=1S/C23H20N6OS/c24-14-16-6-7-25-21(12-16)29-10-8-28(9-11-29)15-20-26-22(30)18-13-19(31-23(18)27-20)17-4-2-1-3-5-17/h1-7,12-13H,8-11,15H2,(H,26,27,30). The van der Waals surface area contributed by atoms with Gasteiger partial charge in [-0.05, 0) is 23.8 Å². The van der Waals surface area contributed by atoms with Crippen molar-refractivity contribution < 1.29 is 0 Å². The highest BCUT2D eigenvalue weighted by Gasteiger charge is 2.20. The summed E-state index contributed by atoms with van der Waals surface area (Å²) in [6.45, 7) is 3.89. The lowest BCUT2D eigenvalue weighted by Crippen LogP contribution is -2.46. The molecule has 3 aromatic heterocycles. The molecule has 5 rings (SSSR count). The molecule has 8 heteroatoms. The third kappa shape index (κ3) is 4.06. The molecule has 1 saturated heterocycles. The lowest BCUT2D eigenvalue weighted by atomic mass is 10.2. The van der Waals surface area contributed by atoms with Gasteiger partial charge in [0.15, 0.2) is 0 Å². The minimum absolute atomic E-state index is 0.0883. The van der Waals surface area contributed by atoms with Crippen LogP contribution < -0.4 is 10.5 Å². The van der Waals surface area contributed by atoms with Crippen LogP contribution in [0, 0.1) is 11.3 Å². The lowest BCUT2D eigenvalue weighted by molar-refractivity contribution is 0.243. The molecule has 0 bridgehead atoms. The van der Waals surface area contributed by atoms with Crippen LogP contribution in [-0.4, -0.2) is 46.0 Å². The molecule has 0 radical (unpaired) electrons. The second-order valence-electron chi connectivity index (χ2n) is 7.49. The van der Waals surface area contributed by atoms with Crippen molar-refractivity contribution in [1.82, 2.24) is 19.9 Å². The van der Waals surface area contributed by atoms with Gasteiger partial charge in [0.1, 0.15) is 16.5 Å². The predicted octanol–water partition coefficient (Wildman–Crippen LogP) is 3.24. The molecular weight excluding hydrogens is 408 g/mol. The Bertz CT molecular complexity index is 1320. The van der Waals surface area contributed by atoms with Crippen molar-refractivity contribution in [2.24, 2.45) is 0 Å². The third-order valence-electron chi connectivity index (χ3n) is 5.45. The van der Waals surface area contributed by atoms with E-state index < -0.39 is 0 Å². The number of nitrogens with zero attached hydrogens (tertiary/aromatic N) is 5. The maximum atomic E-state index is 12.6. The van der Waals surface area contributed by atoms with Gasteiger partial charge in [0.2, 0.25) is 0 Å². The van der Waals surface area contributed by atoms with Gasteiger partial charge in [0.25, 0.3) is 5.56 Å². The molecule has 1 N–H and O–H groups in total. The van der Waals surface area contributed by atoms with Crippen molar-refractivity contribution in [3.63, 3.8) is 0 Å². The van der Waals surface area contributed by atoms with Gasteiger partial charge in [0.05, 0.1) is 23.6 Å². The van der Waals surface area contributed by atoms with Crippen LogP contribution in [0.4, 0.5) is 5.82 Å². The minimum atomic E-state index is -0.0883. The molecule has 1 aliphatic rings. The summed E-state index contributed by atoms with van der Waals surface area (Å²) in [7, 11) is 0. The topological polar surface area (TPSA) is 88.9 Å². The Labute approximate surface area is 183 Å². The number of aromatic nitrogens is 3. The maximum absolute atomic E-state index is 12.6. The molecule has 1 aliphatic heterocycles. The summed E-state index contributed by atoms with van der Waals surface area (Å²) < 4.78 is 0. The van der Waals surface area contributed by atoms with E-state index in [0.717, 1.165) is 47.3 Å². The number of nitriles is 1. The zero-order valence-electron chi connectivity index (χ0n) is 16.8. The highest BCUT2D eigenvalue weighted by molar-refractivity contribution is 7.21. The summed E-state index contributed by atoms with van der Waals surface area (Å²) in [6.07, 6.45) is 1.68. The zero-order valence-corrected chi connectivity index (χ0v) is 17.6. The highest BCUT2D eigenvalue weighted by Crippen LogP contribution is 2.30. The molecule has 0 atom stereocenters. The molecular formula is C23H20N6OS. The van der Waals surface area contributed by atoms with E-state index in [1.165, 1.54) is 0 Å². The number of piperazine rings is 1. The number of benzene rings is 1. The van der Waals surface area contributed by atoms with Gasteiger partial charge in [-0.1, -0.05) is 30.3 Å². The minimum Gasteiger partial charge on any atom is -0.354 e. The second kappa shape index (κ2) is 8.30. The van der Waals surface area contributed by atoms with Gasteiger partial charge < -0.3 is 9.88 Å². The fourth-order valence-corrected chi connectivity index (χ4v) is 4.86. The van der Waals surface area contributed by atoms with E-state index in [0.29, 0.717) is 23.3 Å². The SMILES string of the molecule is N#Cc1ccnc(N2CCN(Cc3nc4sc(-c5ccccc5)cc4c(=O)[nH]3)CC2)c1. The zero-order chi connectivity index (χ0) is 21.2. The molecule has 0 unspecified atom stereocenters. The Kier molecular flexibility index (Phi) is 5.20. The number of pyridine rings is 1. The Balaban J connectivity index is 1.30. The molecule has 0 spiro atoms. The van der Waals surface area contributed by atoms with Crippen LogP contribution >= 0.6 is 11.3 Å². The third-order valence-corrected chi connectivity index (χ3v) is 6.53. The molecule has 1 fully saturated rings. The predicted molar refractivity (Wildman–Crippen MR) is 122 cm³/mol. The molecule has 7 nitrogen and oxygen atoms in total. The van der Waals surface area contributed by atoms with Crippen molar-refractivity contribution in [1.29, 1.82) is 5.26 Å². The van der Waals surface area contributed by atoms with E-state index in [1.807, 2.05) is 42.5 Å². The maximum Gasteiger partial charge on any atom is 0.259 e. The molecule has 154 valence electrons. The molecule has 4 aromatic rings. The molecule has 4 heterocycles. The number of anilines is 1. The van der Waals surface area contributed by atoms with E-state index in [2.05, 4.69) is 25.8 Å². The summed E-state index contributed by atoms with van der Waals surface area (Å²) in [6, 6.07) is 17.7. The number of rotatable bonds is 4. The van der Waals surface area contributed by atoms with Crippen LogP contribution in [0.25, 0.3) is 20.7 Å². The van der Waals surface area contributed by atoms with Crippen molar-refractivity contribution in [2.45, 2.75) is 6.54 Å². The Morgan fingerprint density at radius 3 is 2.68 bits per heavy atom. The Morgan fingerprint density at radius 2 is 1.90 bits per heavy atom. The summed E-state index contributed by atoms with van der Waals surface area (Å²) in [5.41, 5.74) is 1.62. The number of nitrogens with one attached hydrogen (secondary N) is 1. The van der Waals surface area contributed by atoms with E-state index in [9.17, 15) is 4.79 Å². The first-order valence-electron chi connectivity index (χ1n) is 10.1. The highest BCUT2D eigenvalue weighted by atomic mass is 32.1. The van der Waals surface area contributed by atoms with E-state index in [1.54, 1.807) is 23.6 Å². The summed E-state index contributed by atoms with van der Waals surface area (Å²) >= 11 is 1.55. The van der Waals surface area contributed by atoms with Gasteiger partial charge >= 0.3 is 0 Å². The van der Waals surface area contributed by atoms with E-state index in [4.69, 9.17) is 10.2 Å². The van der Waals surface area contributed by atoms with Crippen molar-refractivity contribution >= 4 is 27.4 Å². The van der Waals surface area contributed by atoms with Gasteiger partial charge in [-0.2, -0.15) is 5.26 Å². The fourth-order valence-electron chi connectivity index (χ4n) is 3.80. The lowest BCUT2D eigenvalue weighted by Gasteiger charge is -2.35. The second-order valence-corrected chi connectivity index (χ2v) is 8.52. The molecule has 0 amide bonds. The molecule has 31 heavy (non-hydrogen) atoms. The van der Waals surface area contributed by atoms with Crippen LogP contribution in [0.5, 0.6) is 0 Å². The number of H-pyrrole nitrogens is 1. The van der Waals surface area contributed by atoms with Crippen LogP contribution in [0.1, 0.15) is 11.4 Å². The van der Waals surface area contributed by atoms with Gasteiger partial charge in [0, 0.05) is 37.3 Å². The fraction of sp³-hybridized carbons (Fsp3) is 0.217. The smallest absolute Gasteiger partial charge is 0.259 e. The van der Waals surface area contributed by atoms with Crippen molar-refractivity contribution in [3.8, 4) is 16.5 Å². The van der Waals surface area contributed by atoms with Crippen LogP contribution in [-0.2, 0) is 6.54 Å². The monoisotopic (exact) mass is 428 g/mol. The quantitative estimate of drug-likeness (QED) is 0.537. The van der Waals surface area contributed by atoms with Gasteiger partial charge in [-0.3, -0.25) is 9.69 Å². The first kappa shape index (κ1) is 19.4. The number of fused-ring (bicyclic) bond motifs is 1.